The van der Waals surface area contributed by atoms with Crippen LogP contribution in [0, 0.1) is 0 Å². The summed E-state index contributed by atoms with van der Waals surface area (Å²) in [5.41, 5.74) is -0.922. The largest absolute Gasteiger partial charge is 0.395 e. The van der Waals surface area contributed by atoms with E-state index in [9.17, 15) is 30.9 Å². The fraction of sp³-hybridized carbons (Fsp3) is 1.00. The van der Waals surface area contributed by atoms with Gasteiger partial charge in [-0.2, -0.15) is 26.3 Å². The summed E-state index contributed by atoms with van der Waals surface area (Å²) in [5, 5.41) is 0. The van der Waals surface area contributed by atoms with Gasteiger partial charge in [-0.1, -0.05) is 19.3 Å². The van der Waals surface area contributed by atoms with Gasteiger partial charge < -0.3 is 4.57 Å². The summed E-state index contributed by atoms with van der Waals surface area (Å²) >= 11 is 0. The van der Waals surface area contributed by atoms with Gasteiger partial charge in [-0.15, -0.1) is 0 Å². The van der Waals surface area contributed by atoms with Crippen LogP contribution in [0.2, 0.25) is 0 Å². The molecule has 1 fully saturated rings. The Hall–Kier alpha value is -0.190. The van der Waals surface area contributed by atoms with Gasteiger partial charge in [-0.25, -0.2) is 0 Å². The highest BCUT2D eigenvalue weighted by Gasteiger charge is 2.49. The highest BCUT2D eigenvalue weighted by Crippen LogP contribution is 2.60. The van der Waals surface area contributed by atoms with Gasteiger partial charge in [0.25, 0.3) is 0 Å². The van der Waals surface area contributed by atoms with Gasteiger partial charge in [0.05, 0.1) is 12.3 Å². The van der Waals surface area contributed by atoms with Crippen LogP contribution in [0.4, 0.5) is 26.3 Å². The number of hydrogen-bond donors (Lipinski definition) is 0. The Morgan fingerprint density at radius 2 is 1.22 bits per heavy atom. The molecule has 0 aromatic rings. The average molecular weight is 296 g/mol. The van der Waals surface area contributed by atoms with E-state index >= 15 is 0 Å². The summed E-state index contributed by atoms with van der Waals surface area (Å²) in [4.78, 5) is 0. The molecular weight excluding hydrogens is 281 g/mol. The Kier molecular flexibility index (Phi) is 4.79. The first-order valence-corrected chi connectivity index (χ1v) is 7.88. The Bertz CT molecular complexity index is 295. The molecule has 1 aliphatic rings. The highest BCUT2D eigenvalue weighted by molar-refractivity contribution is 7.64. The lowest BCUT2D eigenvalue weighted by Crippen LogP contribution is -2.29. The minimum Gasteiger partial charge on any atom is -0.323 e. The van der Waals surface area contributed by atoms with Crippen molar-refractivity contribution in [2.24, 2.45) is 0 Å². The van der Waals surface area contributed by atoms with E-state index in [4.69, 9.17) is 0 Å². The molecule has 1 rings (SSSR count). The van der Waals surface area contributed by atoms with Crippen molar-refractivity contribution in [1.29, 1.82) is 0 Å². The molecule has 0 N–H and O–H groups in total. The third-order valence-corrected chi connectivity index (χ3v) is 6.77. The van der Waals surface area contributed by atoms with E-state index in [-0.39, 0.29) is 12.8 Å². The fourth-order valence-corrected chi connectivity index (χ4v) is 5.62. The lowest BCUT2D eigenvalue weighted by Gasteiger charge is -2.31. The third-order valence-electron chi connectivity index (χ3n) is 3.13. The molecule has 0 spiro atoms. The molecule has 0 unspecified atom stereocenters. The second-order valence-electron chi connectivity index (χ2n) is 4.79. The van der Waals surface area contributed by atoms with Gasteiger partial charge in [0.2, 0.25) is 0 Å². The van der Waals surface area contributed by atoms with Gasteiger partial charge in [-0.05, 0) is 12.8 Å². The topological polar surface area (TPSA) is 17.1 Å². The van der Waals surface area contributed by atoms with Gasteiger partial charge in [0.1, 0.15) is 7.14 Å². The standard InChI is InChI=1S/C10H15F6OP/c11-9(12,13)6-18(17,7-10(14,15)16)8-4-2-1-3-5-8/h8H,1-7H2. The first-order valence-electron chi connectivity index (χ1n) is 5.73. The minimum absolute atomic E-state index is 0.212. The maximum absolute atomic E-state index is 12.3. The van der Waals surface area contributed by atoms with E-state index in [0.717, 1.165) is 6.42 Å². The minimum atomic E-state index is -4.81. The molecule has 0 bridgehead atoms. The zero-order valence-electron chi connectivity index (χ0n) is 9.65. The summed E-state index contributed by atoms with van der Waals surface area (Å²) < 4.78 is 86.2. The van der Waals surface area contributed by atoms with Crippen molar-refractivity contribution >= 4 is 7.14 Å². The molecule has 1 saturated carbocycles. The van der Waals surface area contributed by atoms with E-state index in [1.807, 2.05) is 0 Å². The number of hydrogen-bond acceptors (Lipinski definition) is 1. The molecule has 0 atom stereocenters. The van der Waals surface area contributed by atoms with E-state index in [1.54, 1.807) is 0 Å². The Morgan fingerprint density at radius 1 is 0.833 bits per heavy atom. The monoisotopic (exact) mass is 296 g/mol. The highest BCUT2D eigenvalue weighted by atomic mass is 31.2. The predicted octanol–water partition coefficient (Wildman–Crippen LogP) is 4.81. The number of rotatable bonds is 3. The van der Waals surface area contributed by atoms with Gasteiger partial charge in [0, 0.05) is 5.66 Å². The molecule has 0 saturated heterocycles. The molecule has 1 nitrogen and oxygen atoms in total. The van der Waals surface area contributed by atoms with Crippen LogP contribution in [0.1, 0.15) is 32.1 Å². The van der Waals surface area contributed by atoms with Crippen LogP contribution in [0.25, 0.3) is 0 Å². The van der Waals surface area contributed by atoms with Crippen LogP contribution < -0.4 is 0 Å². The number of alkyl halides is 6. The Labute approximate surface area is 101 Å². The summed E-state index contributed by atoms with van der Waals surface area (Å²) in [6.07, 6.45) is -10.9. The second kappa shape index (κ2) is 5.43. The molecule has 0 radical (unpaired) electrons. The summed E-state index contributed by atoms with van der Waals surface area (Å²) in [5.74, 6) is 0. The van der Waals surface area contributed by atoms with Crippen LogP contribution >= 0.6 is 7.14 Å². The van der Waals surface area contributed by atoms with Crippen molar-refractivity contribution in [3.63, 3.8) is 0 Å². The van der Waals surface area contributed by atoms with Gasteiger partial charge in [0.15, 0.2) is 0 Å². The molecule has 18 heavy (non-hydrogen) atoms. The maximum Gasteiger partial charge on any atom is 0.395 e. The maximum atomic E-state index is 12.3. The molecule has 0 aromatic carbocycles. The van der Waals surface area contributed by atoms with Crippen LogP contribution in [-0.2, 0) is 4.57 Å². The average Bonchev–Trinajstić information content (AvgIpc) is 2.13. The lowest BCUT2D eigenvalue weighted by atomic mass is 10.0. The van der Waals surface area contributed by atoms with Crippen molar-refractivity contribution < 1.29 is 30.9 Å². The van der Waals surface area contributed by atoms with E-state index in [0.29, 0.717) is 12.8 Å². The predicted molar refractivity (Wildman–Crippen MR) is 56.3 cm³/mol. The van der Waals surface area contributed by atoms with Crippen molar-refractivity contribution in [3.8, 4) is 0 Å². The second-order valence-corrected chi connectivity index (χ2v) is 8.06. The molecule has 0 amide bonds. The van der Waals surface area contributed by atoms with Crippen molar-refractivity contribution in [3.05, 3.63) is 0 Å². The summed E-state index contributed by atoms with van der Waals surface area (Å²) in [6, 6.07) is 0. The molecule has 8 heteroatoms. The molecule has 0 aromatic heterocycles. The van der Waals surface area contributed by atoms with Gasteiger partial charge in [-0.3, -0.25) is 0 Å². The lowest BCUT2D eigenvalue weighted by molar-refractivity contribution is -0.113. The molecule has 0 heterocycles. The van der Waals surface area contributed by atoms with Crippen LogP contribution in [-0.4, -0.2) is 30.3 Å². The molecular formula is C10H15F6OP. The van der Waals surface area contributed by atoms with Crippen LogP contribution in [0.5, 0.6) is 0 Å². The molecule has 1 aliphatic carbocycles. The normalized spacial score (nSPS) is 20.1. The first-order chi connectivity index (χ1) is 8.02. The number of halogens is 6. The fourth-order valence-electron chi connectivity index (χ4n) is 2.47. The van der Waals surface area contributed by atoms with E-state index in [2.05, 4.69) is 0 Å². The van der Waals surface area contributed by atoms with Crippen molar-refractivity contribution in [2.75, 3.05) is 12.3 Å². The third kappa shape index (κ3) is 5.21. The van der Waals surface area contributed by atoms with E-state index in [1.165, 1.54) is 0 Å². The zero-order chi connectivity index (χ0) is 14.0. The zero-order valence-corrected chi connectivity index (χ0v) is 10.5. The first kappa shape index (κ1) is 15.9. The molecule has 108 valence electrons. The van der Waals surface area contributed by atoms with Crippen molar-refractivity contribution in [2.45, 2.75) is 50.1 Å². The quantitative estimate of drug-likeness (QED) is 0.539. The Morgan fingerprint density at radius 3 is 1.56 bits per heavy atom. The summed E-state index contributed by atoms with van der Waals surface area (Å²) in [6.45, 7) is 0. The van der Waals surface area contributed by atoms with Crippen molar-refractivity contribution in [1.82, 2.24) is 0 Å². The van der Waals surface area contributed by atoms with Crippen LogP contribution in [0.15, 0.2) is 0 Å². The van der Waals surface area contributed by atoms with Crippen LogP contribution in [0.3, 0.4) is 0 Å². The van der Waals surface area contributed by atoms with E-state index < -0.39 is 37.5 Å². The molecule has 0 aliphatic heterocycles. The SMILES string of the molecule is O=P(CC(F)(F)F)(CC(F)(F)F)C1CCCCC1. The smallest absolute Gasteiger partial charge is 0.323 e. The van der Waals surface area contributed by atoms with Gasteiger partial charge >= 0.3 is 12.4 Å². The summed E-state index contributed by atoms with van der Waals surface area (Å²) in [7, 11) is -4.29. The Balaban J connectivity index is 2.89.